The van der Waals surface area contributed by atoms with E-state index in [9.17, 15) is 5.11 Å². The number of hydrogen-bond acceptors (Lipinski definition) is 3. The van der Waals surface area contributed by atoms with Gasteiger partial charge in [-0.15, -0.1) is 0 Å². The van der Waals surface area contributed by atoms with Gasteiger partial charge < -0.3 is 14.7 Å². The summed E-state index contributed by atoms with van der Waals surface area (Å²) >= 11 is 0. The molecule has 1 fully saturated rings. The molecular weight excluding hydrogens is 214 g/mol. The summed E-state index contributed by atoms with van der Waals surface area (Å²) in [6.45, 7) is 5.73. The molecule has 0 amide bonds. The Balaban J connectivity index is 1.76. The number of rotatable bonds is 5. The van der Waals surface area contributed by atoms with Gasteiger partial charge in [-0.05, 0) is 31.6 Å². The van der Waals surface area contributed by atoms with Gasteiger partial charge in [0.1, 0.15) is 12.4 Å². The van der Waals surface area contributed by atoms with E-state index in [0.29, 0.717) is 12.5 Å². The fraction of sp³-hybridized carbons (Fsp3) is 0.571. The first-order chi connectivity index (χ1) is 8.29. The van der Waals surface area contributed by atoms with Crippen molar-refractivity contribution in [3.8, 4) is 5.75 Å². The van der Waals surface area contributed by atoms with Crippen LogP contribution < -0.4 is 4.74 Å². The minimum atomic E-state index is -0.355. The molecule has 0 saturated carbocycles. The molecule has 1 aromatic rings. The summed E-state index contributed by atoms with van der Waals surface area (Å²) in [6, 6.07) is 9.67. The van der Waals surface area contributed by atoms with Crippen LogP contribution in [0.1, 0.15) is 13.3 Å². The van der Waals surface area contributed by atoms with E-state index in [0.717, 1.165) is 31.8 Å². The van der Waals surface area contributed by atoms with Crippen molar-refractivity contribution in [2.45, 2.75) is 19.4 Å². The molecule has 17 heavy (non-hydrogen) atoms. The summed E-state index contributed by atoms with van der Waals surface area (Å²) in [4.78, 5) is 2.37. The second kappa shape index (κ2) is 6.03. The van der Waals surface area contributed by atoms with Crippen LogP contribution in [0.15, 0.2) is 30.3 Å². The average molecular weight is 235 g/mol. The maximum Gasteiger partial charge on any atom is 0.119 e. The molecule has 1 aliphatic rings. The molecule has 3 heteroatoms. The molecule has 1 aromatic carbocycles. The van der Waals surface area contributed by atoms with Crippen LogP contribution in [0.2, 0.25) is 0 Å². The van der Waals surface area contributed by atoms with E-state index in [-0.39, 0.29) is 6.10 Å². The van der Waals surface area contributed by atoms with Crippen molar-refractivity contribution in [2.24, 2.45) is 5.92 Å². The molecule has 1 heterocycles. The number of hydrogen-bond donors (Lipinski definition) is 1. The minimum Gasteiger partial charge on any atom is -0.491 e. The third-order valence-electron chi connectivity index (χ3n) is 3.46. The van der Waals surface area contributed by atoms with Crippen LogP contribution in [-0.4, -0.2) is 42.4 Å². The lowest BCUT2D eigenvalue weighted by Gasteiger charge is -2.19. The van der Waals surface area contributed by atoms with Crippen molar-refractivity contribution >= 4 is 0 Å². The predicted molar refractivity (Wildman–Crippen MR) is 68.2 cm³/mol. The zero-order valence-corrected chi connectivity index (χ0v) is 10.4. The van der Waals surface area contributed by atoms with Crippen molar-refractivity contribution in [3.05, 3.63) is 30.3 Å². The Hall–Kier alpha value is -1.06. The number of aliphatic hydroxyl groups excluding tert-OH is 1. The summed E-state index contributed by atoms with van der Waals surface area (Å²) in [5, 5.41) is 10.1. The first kappa shape index (κ1) is 12.4. The van der Waals surface area contributed by atoms with E-state index in [1.165, 1.54) is 0 Å². The standard InChI is InChI=1S/C14H21NO2/c1-2-15-9-8-12(10-15)14(16)11-17-13-6-4-3-5-7-13/h3-7,12,14,16H,2,8-11H2,1H3. The lowest BCUT2D eigenvalue weighted by Crippen LogP contribution is -2.30. The van der Waals surface area contributed by atoms with E-state index in [4.69, 9.17) is 4.74 Å². The van der Waals surface area contributed by atoms with Gasteiger partial charge in [-0.3, -0.25) is 0 Å². The fourth-order valence-corrected chi connectivity index (χ4v) is 2.30. The second-order valence-electron chi connectivity index (χ2n) is 4.63. The van der Waals surface area contributed by atoms with E-state index in [1.54, 1.807) is 0 Å². The van der Waals surface area contributed by atoms with Gasteiger partial charge in [0.15, 0.2) is 0 Å². The quantitative estimate of drug-likeness (QED) is 0.844. The van der Waals surface area contributed by atoms with Gasteiger partial charge in [0.25, 0.3) is 0 Å². The Kier molecular flexibility index (Phi) is 4.40. The minimum absolute atomic E-state index is 0.355. The Morgan fingerprint density at radius 3 is 2.82 bits per heavy atom. The summed E-state index contributed by atoms with van der Waals surface area (Å²) in [5.41, 5.74) is 0. The van der Waals surface area contributed by atoms with Gasteiger partial charge >= 0.3 is 0 Å². The highest BCUT2D eigenvalue weighted by Crippen LogP contribution is 2.20. The molecule has 0 radical (unpaired) electrons. The second-order valence-corrected chi connectivity index (χ2v) is 4.63. The van der Waals surface area contributed by atoms with Crippen molar-refractivity contribution in [1.29, 1.82) is 0 Å². The van der Waals surface area contributed by atoms with E-state index in [2.05, 4.69) is 11.8 Å². The van der Waals surface area contributed by atoms with E-state index in [1.807, 2.05) is 30.3 Å². The normalized spacial score (nSPS) is 22.6. The SMILES string of the molecule is CCN1CCC(C(O)COc2ccccc2)C1. The van der Waals surface area contributed by atoms with Gasteiger partial charge in [0.2, 0.25) is 0 Å². The number of ether oxygens (including phenoxy) is 1. The monoisotopic (exact) mass is 235 g/mol. The van der Waals surface area contributed by atoms with Gasteiger partial charge in [-0.25, -0.2) is 0 Å². The van der Waals surface area contributed by atoms with Gasteiger partial charge in [-0.2, -0.15) is 0 Å². The Bertz CT molecular complexity index is 328. The van der Waals surface area contributed by atoms with Crippen LogP contribution in [0.5, 0.6) is 5.75 Å². The van der Waals surface area contributed by atoms with Crippen LogP contribution in [0, 0.1) is 5.92 Å². The molecule has 2 atom stereocenters. The Labute approximate surface area is 103 Å². The number of nitrogens with zero attached hydrogens (tertiary/aromatic N) is 1. The summed E-state index contributed by atoms with van der Waals surface area (Å²) in [5.74, 6) is 1.19. The van der Waals surface area contributed by atoms with Crippen LogP contribution in [-0.2, 0) is 0 Å². The molecule has 2 unspecified atom stereocenters. The molecule has 0 spiro atoms. The smallest absolute Gasteiger partial charge is 0.119 e. The van der Waals surface area contributed by atoms with E-state index >= 15 is 0 Å². The molecule has 1 aliphatic heterocycles. The van der Waals surface area contributed by atoms with Gasteiger partial charge in [0.05, 0.1) is 6.10 Å². The van der Waals surface area contributed by atoms with Crippen molar-refractivity contribution in [3.63, 3.8) is 0 Å². The molecule has 0 aliphatic carbocycles. The molecule has 0 bridgehead atoms. The number of aliphatic hydroxyl groups is 1. The lowest BCUT2D eigenvalue weighted by atomic mass is 10.0. The zero-order valence-electron chi connectivity index (χ0n) is 10.4. The highest BCUT2D eigenvalue weighted by Gasteiger charge is 2.27. The molecule has 0 aromatic heterocycles. The fourth-order valence-electron chi connectivity index (χ4n) is 2.30. The zero-order chi connectivity index (χ0) is 12.1. The third-order valence-corrected chi connectivity index (χ3v) is 3.46. The largest absolute Gasteiger partial charge is 0.491 e. The molecule has 94 valence electrons. The Morgan fingerprint density at radius 1 is 1.41 bits per heavy atom. The Morgan fingerprint density at radius 2 is 2.18 bits per heavy atom. The van der Waals surface area contributed by atoms with Crippen LogP contribution in [0.3, 0.4) is 0 Å². The van der Waals surface area contributed by atoms with Crippen molar-refractivity contribution in [1.82, 2.24) is 4.90 Å². The highest BCUT2D eigenvalue weighted by atomic mass is 16.5. The summed E-state index contributed by atoms with van der Waals surface area (Å²) in [7, 11) is 0. The summed E-state index contributed by atoms with van der Waals surface area (Å²) < 4.78 is 5.58. The van der Waals surface area contributed by atoms with Crippen LogP contribution >= 0.6 is 0 Å². The molecule has 1 N–H and O–H groups in total. The highest BCUT2D eigenvalue weighted by molar-refractivity contribution is 5.20. The maximum absolute atomic E-state index is 10.1. The van der Waals surface area contributed by atoms with Crippen LogP contribution in [0.25, 0.3) is 0 Å². The lowest BCUT2D eigenvalue weighted by molar-refractivity contribution is 0.0599. The van der Waals surface area contributed by atoms with Gasteiger partial charge in [0, 0.05) is 12.5 Å². The number of benzene rings is 1. The van der Waals surface area contributed by atoms with Gasteiger partial charge in [-0.1, -0.05) is 25.1 Å². The molecular formula is C14H21NO2. The maximum atomic E-state index is 10.1. The number of likely N-dealkylation sites (tertiary alicyclic amines) is 1. The molecule has 1 saturated heterocycles. The number of para-hydroxylation sites is 1. The first-order valence-electron chi connectivity index (χ1n) is 6.38. The third kappa shape index (κ3) is 3.45. The van der Waals surface area contributed by atoms with E-state index < -0.39 is 0 Å². The first-order valence-corrected chi connectivity index (χ1v) is 6.38. The molecule has 3 nitrogen and oxygen atoms in total. The van der Waals surface area contributed by atoms with Crippen molar-refractivity contribution < 1.29 is 9.84 Å². The van der Waals surface area contributed by atoms with Crippen molar-refractivity contribution in [2.75, 3.05) is 26.2 Å². The average Bonchev–Trinajstić information content (AvgIpc) is 2.86. The topological polar surface area (TPSA) is 32.7 Å². The predicted octanol–water partition coefficient (Wildman–Crippen LogP) is 1.77. The molecule has 2 rings (SSSR count). The van der Waals surface area contributed by atoms with Crippen LogP contribution in [0.4, 0.5) is 0 Å². The summed E-state index contributed by atoms with van der Waals surface area (Å²) in [6.07, 6.45) is 0.722.